The highest BCUT2D eigenvalue weighted by atomic mass is 16.1. The van der Waals surface area contributed by atoms with Crippen molar-refractivity contribution in [1.29, 1.82) is 5.41 Å². The van der Waals surface area contributed by atoms with E-state index in [2.05, 4.69) is 19.2 Å². The second-order valence-corrected chi connectivity index (χ2v) is 4.73. The molecule has 1 aliphatic rings. The van der Waals surface area contributed by atoms with Crippen molar-refractivity contribution in [3.05, 3.63) is 0 Å². The van der Waals surface area contributed by atoms with Gasteiger partial charge in [-0.1, -0.05) is 19.8 Å². The number of amides is 1. The second kappa shape index (κ2) is 5.29. The maximum Gasteiger partial charge on any atom is 0.264 e. The predicted molar refractivity (Wildman–Crippen MR) is 62.1 cm³/mol. The molecule has 0 spiro atoms. The first-order valence-corrected chi connectivity index (χ1v) is 5.90. The molecule has 1 rings (SSSR count). The molecule has 2 unspecified atom stereocenters. The molecule has 1 fully saturated rings. The Kier molecular flexibility index (Phi) is 4.30. The van der Waals surface area contributed by atoms with Crippen LogP contribution in [0.25, 0.3) is 0 Å². The van der Waals surface area contributed by atoms with E-state index in [1.807, 2.05) is 0 Å². The van der Waals surface area contributed by atoms with Gasteiger partial charge in [-0.25, -0.2) is 0 Å². The molecule has 0 aliphatic heterocycles. The van der Waals surface area contributed by atoms with Gasteiger partial charge in [-0.15, -0.1) is 0 Å². The number of hydrogen-bond donors (Lipinski definition) is 2. The predicted octanol–water partition coefficient (Wildman–Crippen LogP) is 2.36. The van der Waals surface area contributed by atoms with Crippen molar-refractivity contribution in [2.45, 2.75) is 52.5 Å². The van der Waals surface area contributed by atoms with Crippen LogP contribution in [0.4, 0.5) is 0 Å². The van der Waals surface area contributed by atoms with E-state index in [0.717, 1.165) is 5.92 Å². The molecule has 3 heteroatoms. The van der Waals surface area contributed by atoms with Gasteiger partial charge in [0, 0.05) is 6.04 Å². The Labute approximate surface area is 92.1 Å². The average Bonchev–Trinajstić information content (AvgIpc) is 2.65. The maximum atomic E-state index is 11.3. The fraction of sp³-hybridized carbons (Fsp3) is 0.833. The molecule has 1 aliphatic carbocycles. The third-order valence-electron chi connectivity index (χ3n) is 3.57. The van der Waals surface area contributed by atoms with Gasteiger partial charge in [0.05, 0.1) is 5.71 Å². The molecule has 0 heterocycles. The lowest BCUT2D eigenvalue weighted by Gasteiger charge is -2.20. The molecule has 1 saturated carbocycles. The molecule has 0 aromatic carbocycles. The third-order valence-corrected chi connectivity index (χ3v) is 3.57. The highest BCUT2D eigenvalue weighted by molar-refractivity contribution is 6.36. The van der Waals surface area contributed by atoms with E-state index >= 15 is 0 Å². The van der Waals surface area contributed by atoms with Crippen LogP contribution in [0.3, 0.4) is 0 Å². The summed E-state index contributed by atoms with van der Waals surface area (Å²) in [7, 11) is 0. The normalized spacial score (nSPS) is 27.4. The average molecular weight is 210 g/mol. The Balaban J connectivity index is 2.38. The van der Waals surface area contributed by atoms with Gasteiger partial charge in [0.25, 0.3) is 5.91 Å². The van der Waals surface area contributed by atoms with Crippen LogP contribution in [0.2, 0.25) is 0 Å². The van der Waals surface area contributed by atoms with Gasteiger partial charge in [0.1, 0.15) is 0 Å². The minimum absolute atomic E-state index is 0.104. The summed E-state index contributed by atoms with van der Waals surface area (Å²) in [5.41, 5.74) is 0.104. The van der Waals surface area contributed by atoms with E-state index < -0.39 is 0 Å². The quantitative estimate of drug-likeness (QED) is 0.688. The maximum absolute atomic E-state index is 11.3. The van der Waals surface area contributed by atoms with E-state index in [0.29, 0.717) is 5.92 Å². The van der Waals surface area contributed by atoms with Crippen LogP contribution in [-0.4, -0.2) is 17.7 Å². The summed E-state index contributed by atoms with van der Waals surface area (Å²) in [6.45, 7) is 5.83. The molecule has 3 atom stereocenters. The zero-order valence-corrected chi connectivity index (χ0v) is 9.97. The van der Waals surface area contributed by atoms with E-state index in [1.165, 1.54) is 32.6 Å². The summed E-state index contributed by atoms with van der Waals surface area (Å²) in [6.07, 6.45) is 5.00. The Morgan fingerprint density at radius 2 is 2.20 bits per heavy atom. The summed E-state index contributed by atoms with van der Waals surface area (Å²) in [5, 5.41) is 10.1. The molecule has 2 N–H and O–H groups in total. The van der Waals surface area contributed by atoms with Crippen molar-refractivity contribution in [2.24, 2.45) is 11.8 Å². The summed E-state index contributed by atoms with van der Waals surface area (Å²) in [4.78, 5) is 11.3. The van der Waals surface area contributed by atoms with Gasteiger partial charge < -0.3 is 5.32 Å². The fourth-order valence-corrected chi connectivity index (χ4v) is 2.37. The number of nitrogens with one attached hydrogen (secondary N) is 2. The van der Waals surface area contributed by atoms with Gasteiger partial charge in [-0.3, -0.25) is 10.2 Å². The minimum atomic E-state index is -0.220. The topological polar surface area (TPSA) is 53.0 Å². The SMILES string of the molecule is CCC1CCC([C@@H](C)NC(=O)C(C)=N)C1. The highest BCUT2D eigenvalue weighted by Gasteiger charge is 2.28. The summed E-state index contributed by atoms with van der Waals surface area (Å²) in [5.74, 6) is 1.23. The fourth-order valence-electron chi connectivity index (χ4n) is 2.37. The van der Waals surface area contributed by atoms with Crippen LogP contribution in [0, 0.1) is 17.2 Å². The van der Waals surface area contributed by atoms with E-state index in [4.69, 9.17) is 5.41 Å². The largest absolute Gasteiger partial charge is 0.348 e. The van der Waals surface area contributed by atoms with Crippen LogP contribution in [-0.2, 0) is 4.79 Å². The zero-order valence-electron chi connectivity index (χ0n) is 9.97. The van der Waals surface area contributed by atoms with Crippen molar-refractivity contribution in [2.75, 3.05) is 0 Å². The lowest BCUT2D eigenvalue weighted by Crippen LogP contribution is -2.40. The van der Waals surface area contributed by atoms with Crippen molar-refractivity contribution in [3.63, 3.8) is 0 Å². The summed E-state index contributed by atoms with van der Waals surface area (Å²) in [6, 6.07) is 0.217. The molecular weight excluding hydrogens is 188 g/mol. The van der Waals surface area contributed by atoms with Crippen LogP contribution in [0.5, 0.6) is 0 Å². The summed E-state index contributed by atoms with van der Waals surface area (Å²) < 4.78 is 0. The van der Waals surface area contributed by atoms with Gasteiger partial charge in [-0.05, 0) is 38.5 Å². The molecule has 1 amide bonds. The van der Waals surface area contributed by atoms with Crippen molar-refractivity contribution in [3.8, 4) is 0 Å². The number of carbonyl (C=O) groups is 1. The van der Waals surface area contributed by atoms with E-state index in [9.17, 15) is 4.79 Å². The van der Waals surface area contributed by atoms with Crippen LogP contribution in [0.1, 0.15) is 46.5 Å². The molecule has 0 saturated heterocycles. The molecule has 3 nitrogen and oxygen atoms in total. The van der Waals surface area contributed by atoms with Gasteiger partial charge in [0.15, 0.2) is 0 Å². The molecule has 0 aromatic heterocycles. The number of hydrogen-bond acceptors (Lipinski definition) is 2. The minimum Gasteiger partial charge on any atom is -0.348 e. The van der Waals surface area contributed by atoms with Gasteiger partial charge in [-0.2, -0.15) is 0 Å². The Morgan fingerprint density at radius 1 is 1.53 bits per heavy atom. The molecule has 0 radical (unpaired) electrons. The van der Waals surface area contributed by atoms with Crippen LogP contribution >= 0.6 is 0 Å². The molecular formula is C12H22N2O. The van der Waals surface area contributed by atoms with Crippen molar-refractivity contribution < 1.29 is 4.79 Å². The molecule has 0 bridgehead atoms. The zero-order chi connectivity index (χ0) is 11.4. The number of rotatable bonds is 4. The van der Waals surface area contributed by atoms with Crippen LogP contribution < -0.4 is 5.32 Å². The van der Waals surface area contributed by atoms with Gasteiger partial charge >= 0.3 is 0 Å². The first-order chi connectivity index (χ1) is 7.04. The van der Waals surface area contributed by atoms with Crippen LogP contribution in [0.15, 0.2) is 0 Å². The number of carbonyl (C=O) groups excluding carboxylic acids is 1. The van der Waals surface area contributed by atoms with Crippen molar-refractivity contribution in [1.82, 2.24) is 5.32 Å². The highest BCUT2D eigenvalue weighted by Crippen LogP contribution is 2.34. The Morgan fingerprint density at radius 3 is 2.67 bits per heavy atom. The molecule has 15 heavy (non-hydrogen) atoms. The smallest absolute Gasteiger partial charge is 0.264 e. The molecule has 0 aromatic rings. The standard InChI is InChI=1S/C12H22N2O/c1-4-10-5-6-11(7-10)9(3)14-12(15)8(2)13/h9-11,13H,4-7H2,1-3H3,(H,14,15)/t9-,10?,11?/m1/s1. The third kappa shape index (κ3) is 3.33. The first kappa shape index (κ1) is 12.2. The monoisotopic (exact) mass is 210 g/mol. The summed E-state index contributed by atoms with van der Waals surface area (Å²) >= 11 is 0. The van der Waals surface area contributed by atoms with E-state index in [-0.39, 0.29) is 17.7 Å². The lowest BCUT2D eigenvalue weighted by molar-refractivity contribution is -0.115. The Hall–Kier alpha value is -0.860. The first-order valence-electron chi connectivity index (χ1n) is 5.90. The Bertz CT molecular complexity index is 250. The molecule has 86 valence electrons. The van der Waals surface area contributed by atoms with Crippen molar-refractivity contribution >= 4 is 11.6 Å². The van der Waals surface area contributed by atoms with Gasteiger partial charge in [0.2, 0.25) is 0 Å². The lowest BCUT2D eigenvalue weighted by atomic mass is 9.97. The second-order valence-electron chi connectivity index (χ2n) is 4.73. The van der Waals surface area contributed by atoms with E-state index in [1.54, 1.807) is 0 Å².